The molecular formula is C16H16BrClN2O. The van der Waals surface area contributed by atoms with Gasteiger partial charge in [-0.2, -0.15) is 0 Å². The zero-order valence-electron chi connectivity index (χ0n) is 11.7. The molecule has 1 aromatic carbocycles. The Morgan fingerprint density at radius 1 is 1.38 bits per heavy atom. The summed E-state index contributed by atoms with van der Waals surface area (Å²) in [7, 11) is 1.70. The molecule has 0 bridgehead atoms. The number of pyridine rings is 1. The van der Waals surface area contributed by atoms with E-state index in [-0.39, 0.29) is 6.04 Å². The molecule has 0 saturated heterocycles. The number of methoxy groups -OCH3 is 1. The second-order valence-corrected chi connectivity index (χ2v) is 6.36. The summed E-state index contributed by atoms with van der Waals surface area (Å²) in [5, 5.41) is 4.03. The highest BCUT2D eigenvalue weighted by atomic mass is 79.9. The highest BCUT2D eigenvalue weighted by Gasteiger charge is 2.21. The first-order valence-electron chi connectivity index (χ1n) is 6.92. The Bertz CT molecular complexity index is 663. The lowest BCUT2D eigenvalue weighted by Crippen LogP contribution is -2.17. The van der Waals surface area contributed by atoms with Gasteiger partial charge in [-0.25, -0.2) is 4.98 Å². The fraction of sp³-hybridized carbons (Fsp3) is 0.312. The number of fused-ring (bicyclic) bond motifs is 1. The molecule has 0 fully saturated rings. The molecule has 1 atom stereocenters. The van der Waals surface area contributed by atoms with E-state index in [4.69, 9.17) is 16.3 Å². The van der Waals surface area contributed by atoms with Gasteiger partial charge in [-0.05, 0) is 64.5 Å². The number of benzene rings is 1. The van der Waals surface area contributed by atoms with Crippen molar-refractivity contribution in [2.75, 3.05) is 12.4 Å². The van der Waals surface area contributed by atoms with Crippen LogP contribution in [-0.4, -0.2) is 12.1 Å². The SMILES string of the molecule is COc1ccc2c(c1)C(Nc1cnc(Cl)c(Br)c1)CCC2. The number of ether oxygens (including phenoxy) is 1. The maximum Gasteiger partial charge on any atom is 0.143 e. The molecule has 0 aliphatic heterocycles. The van der Waals surface area contributed by atoms with E-state index in [9.17, 15) is 0 Å². The lowest BCUT2D eigenvalue weighted by atomic mass is 9.87. The van der Waals surface area contributed by atoms with Gasteiger partial charge in [0.15, 0.2) is 0 Å². The van der Waals surface area contributed by atoms with Crippen molar-refractivity contribution >= 4 is 33.2 Å². The first kappa shape index (κ1) is 14.7. The average Bonchev–Trinajstić information content (AvgIpc) is 2.51. The van der Waals surface area contributed by atoms with E-state index in [1.165, 1.54) is 17.5 Å². The van der Waals surface area contributed by atoms with E-state index in [2.05, 4.69) is 38.4 Å². The van der Waals surface area contributed by atoms with E-state index in [0.29, 0.717) is 5.15 Å². The van der Waals surface area contributed by atoms with Crippen molar-refractivity contribution in [1.29, 1.82) is 0 Å². The summed E-state index contributed by atoms with van der Waals surface area (Å²) in [5.74, 6) is 0.901. The first-order valence-corrected chi connectivity index (χ1v) is 8.09. The number of nitrogens with zero attached hydrogens (tertiary/aromatic N) is 1. The summed E-state index contributed by atoms with van der Waals surface area (Å²) in [6.45, 7) is 0. The summed E-state index contributed by atoms with van der Waals surface area (Å²) in [5.41, 5.74) is 3.67. The predicted molar refractivity (Wildman–Crippen MR) is 89.2 cm³/mol. The molecule has 0 saturated carbocycles. The smallest absolute Gasteiger partial charge is 0.143 e. The molecule has 21 heavy (non-hydrogen) atoms. The number of hydrogen-bond acceptors (Lipinski definition) is 3. The van der Waals surface area contributed by atoms with Crippen molar-refractivity contribution in [2.45, 2.75) is 25.3 Å². The Kier molecular flexibility index (Phi) is 4.36. The third kappa shape index (κ3) is 3.16. The molecule has 1 aromatic heterocycles. The van der Waals surface area contributed by atoms with Crippen LogP contribution < -0.4 is 10.1 Å². The molecule has 110 valence electrons. The summed E-state index contributed by atoms with van der Waals surface area (Å²) in [6.07, 6.45) is 5.17. The van der Waals surface area contributed by atoms with Crippen LogP contribution in [0.25, 0.3) is 0 Å². The highest BCUT2D eigenvalue weighted by Crippen LogP contribution is 2.35. The summed E-state index contributed by atoms with van der Waals surface area (Å²) >= 11 is 9.35. The van der Waals surface area contributed by atoms with Crippen LogP contribution in [0.2, 0.25) is 5.15 Å². The summed E-state index contributed by atoms with van der Waals surface area (Å²) in [6, 6.07) is 8.56. The van der Waals surface area contributed by atoms with Crippen molar-refractivity contribution in [1.82, 2.24) is 4.98 Å². The minimum absolute atomic E-state index is 0.277. The van der Waals surface area contributed by atoms with Crippen LogP contribution in [0.15, 0.2) is 34.9 Å². The van der Waals surface area contributed by atoms with Crippen molar-refractivity contribution in [2.24, 2.45) is 0 Å². The third-order valence-electron chi connectivity index (χ3n) is 3.80. The second-order valence-electron chi connectivity index (χ2n) is 5.15. The van der Waals surface area contributed by atoms with Crippen LogP contribution >= 0.6 is 27.5 Å². The molecule has 0 amide bonds. The number of hydrogen-bond donors (Lipinski definition) is 1. The Morgan fingerprint density at radius 2 is 2.24 bits per heavy atom. The molecule has 1 unspecified atom stereocenters. The number of aryl methyl sites for hydroxylation is 1. The van der Waals surface area contributed by atoms with E-state index < -0.39 is 0 Å². The van der Waals surface area contributed by atoms with Gasteiger partial charge in [0.25, 0.3) is 0 Å². The maximum absolute atomic E-state index is 5.94. The van der Waals surface area contributed by atoms with Crippen molar-refractivity contribution in [3.05, 3.63) is 51.2 Å². The zero-order chi connectivity index (χ0) is 14.8. The number of nitrogens with one attached hydrogen (secondary N) is 1. The van der Waals surface area contributed by atoms with E-state index in [1.807, 2.05) is 12.1 Å². The minimum Gasteiger partial charge on any atom is -0.497 e. The molecule has 1 aliphatic carbocycles. The van der Waals surface area contributed by atoms with Gasteiger partial charge in [-0.15, -0.1) is 0 Å². The van der Waals surface area contributed by atoms with Gasteiger partial charge in [0.05, 0.1) is 29.5 Å². The van der Waals surface area contributed by atoms with Crippen LogP contribution in [0.5, 0.6) is 5.75 Å². The Hall–Kier alpha value is -1.26. The van der Waals surface area contributed by atoms with Crippen LogP contribution in [-0.2, 0) is 6.42 Å². The summed E-state index contributed by atoms with van der Waals surface area (Å²) < 4.78 is 6.15. The van der Waals surface area contributed by atoms with Gasteiger partial charge in [0.1, 0.15) is 10.9 Å². The molecule has 2 aromatic rings. The molecule has 5 heteroatoms. The molecule has 3 rings (SSSR count). The van der Waals surface area contributed by atoms with E-state index >= 15 is 0 Å². The van der Waals surface area contributed by atoms with Crippen LogP contribution in [0.3, 0.4) is 0 Å². The quantitative estimate of drug-likeness (QED) is 0.776. The Balaban J connectivity index is 1.88. The maximum atomic E-state index is 5.94. The predicted octanol–water partition coefficient (Wildman–Crippen LogP) is 5.00. The van der Waals surface area contributed by atoms with Crippen LogP contribution in [0.4, 0.5) is 5.69 Å². The zero-order valence-corrected chi connectivity index (χ0v) is 14.0. The second kappa shape index (κ2) is 6.24. The highest BCUT2D eigenvalue weighted by molar-refractivity contribution is 9.10. The van der Waals surface area contributed by atoms with Crippen LogP contribution in [0, 0.1) is 0 Å². The molecule has 3 nitrogen and oxygen atoms in total. The Labute approximate surface area is 137 Å². The summed E-state index contributed by atoms with van der Waals surface area (Å²) in [4.78, 5) is 4.17. The molecular weight excluding hydrogens is 352 g/mol. The topological polar surface area (TPSA) is 34.1 Å². The monoisotopic (exact) mass is 366 g/mol. The standard InChI is InChI=1S/C16H16BrClN2O/c1-21-12-6-5-10-3-2-4-15(13(10)8-12)20-11-7-14(17)16(18)19-9-11/h5-9,15,20H,2-4H2,1H3. The first-order chi connectivity index (χ1) is 10.2. The van der Waals surface area contributed by atoms with E-state index in [1.54, 1.807) is 13.3 Å². The van der Waals surface area contributed by atoms with Crippen LogP contribution in [0.1, 0.15) is 30.0 Å². The van der Waals surface area contributed by atoms with Gasteiger partial charge in [0, 0.05) is 0 Å². The van der Waals surface area contributed by atoms with Crippen molar-refractivity contribution in [3.63, 3.8) is 0 Å². The van der Waals surface area contributed by atoms with Gasteiger partial charge < -0.3 is 10.1 Å². The molecule has 1 heterocycles. The minimum atomic E-state index is 0.277. The number of anilines is 1. The lowest BCUT2D eigenvalue weighted by Gasteiger charge is -2.27. The lowest BCUT2D eigenvalue weighted by molar-refractivity contribution is 0.413. The molecule has 1 aliphatic rings. The Morgan fingerprint density at radius 3 is 3.00 bits per heavy atom. The number of halogens is 2. The third-order valence-corrected chi connectivity index (χ3v) is 4.94. The van der Waals surface area contributed by atoms with E-state index in [0.717, 1.165) is 28.8 Å². The molecule has 1 N–H and O–H groups in total. The largest absolute Gasteiger partial charge is 0.497 e. The van der Waals surface area contributed by atoms with Crippen molar-refractivity contribution in [3.8, 4) is 5.75 Å². The number of rotatable bonds is 3. The fourth-order valence-corrected chi connectivity index (χ4v) is 3.21. The van der Waals surface area contributed by atoms with Gasteiger partial charge in [0.2, 0.25) is 0 Å². The normalized spacial score (nSPS) is 17.2. The van der Waals surface area contributed by atoms with Crippen molar-refractivity contribution < 1.29 is 4.74 Å². The molecule has 0 radical (unpaired) electrons. The average molecular weight is 368 g/mol. The molecule has 0 spiro atoms. The van der Waals surface area contributed by atoms with Gasteiger partial charge >= 0.3 is 0 Å². The van der Waals surface area contributed by atoms with Gasteiger partial charge in [-0.3, -0.25) is 0 Å². The number of aromatic nitrogens is 1. The fourth-order valence-electron chi connectivity index (χ4n) is 2.76. The van der Waals surface area contributed by atoms with Gasteiger partial charge in [-0.1, -0.05) is 17.7 Å².